The quantitative estimate of drug-likeness (QED) is 0.597. The highest BCUT2D eigenvalue weighted by Crippen LogP contribution is 2.24. The van der Waals surface area contributed by atoms with Crippen LogP contribution in [0, 0.1) is 0 Å². The van der Waals surface area contributed by atoms with E-state index in [2.05, 4.69) is 22.7 Å². The standard InChI is InChI=1S/C15H13N3O2S/c1-2-20-15(19)12-9-17-18(14(12)21)13-11-6-4-3-5-10(11)7-8-16-13/h3-9,21H,2H2,1H3. The zero-order chi connectivity index (χ0) is 14.8. The summed E-state index contributed by atoms with van der Waals surface area (Å²) >= 11 is 4.39. The van der Waals surface area contributed by atoms with E-state index in [0.29, 0.717) is 23.0 Å². The van der Waals surface area contributed by atoms with Gasteiger partial charge in [0.2, 0.25) is 0 Å². The number of benzene rings is 1. The summed E-state index contributed by atoms with van der Waals surface area (Å²) in [6.45, 7) is 2.07. The molecule has 2 heterocycles. The molecule has 0 aliphatic rings. The first kappa shape index (κ1) is 13.6. The van der Waals surface area contributed by atoms with Gasteiger partial charge in [-0.2, -0.15) is 5.10 Å². The average Bonchev–Trinajstić information content (AvgIpc) is 2.88. The number of hydrogen-bond acceptors (Lipinski definition) is 5. The lowest BCUT2D eigenvalue weighted by Gasteiger charge is -2.07. The molecule has 2 aromatic heterocycles. The maximum atomic E-state index is 11.8. The van der Waals surface area contributed by atoms with Crippen LogP contribution in [0.4, 0.5) is 0 Å². The predicted octanol–water partition coefficient (Wildman–Crippen LogP) is 2.89. The number of aromatic nitrogens is 3. The molecule has 6 heteroatoms. The Bertz CT molecular complexity index is 808. The molecular formula is C15H13N3O2S. The first-order valence-corrected chi connectivity index (χ1v) is 6.95. The maximum Gasteiger partial charge on any atom is 0.342 e. The summed E-state index contributed by atoms with van der Waals surface area (Å²) in [5, 5.41) is 6.61. The van der Waals surface area contributed by atoms with Crippen molar-refractivity contribution in [3.8, 4) is 5.82 Å². The highest BCUT2D eigenvalue weighted by molar-refractivity contribution is 7.80. The normalized spacial score (nSPS) is 10.8. The predicted molar refractivity (Wildman–Crippen MR) is 82.1 cm³/mol. The molecule has 0 N–H and O–H groups in total. The number of fused-ring (bicyclic) bond motifs is 1. The Morgan fingerprint density at radius 3 is 2.95 bits per heavy atom. The second-order valence-electron chi connectivity index (χ2n) is 4.37. The molecule has 0 saturated heterocycles. The van der Waals surface area contributed by atoms with E-state index >= 15 is 0 Å². The van der Waals surface area contributed by atoms with Crippen molar-refractivity contribution in [1.29, 1.82) is 0 Å². The van der Waals surface area contributed by atoms with E-state index < -0.39 is 5.97 Å². The molecule has 0 fully saturated rings. The number of carbonyl (C=O) groups is 1. The topological polar surface area (TPSA) is 57.0 Å². The smallest absolute Gasteiger partial charge is 0.342 e. The first-order chi connectivity index (χ1) is 10.2. The van der Waals surface area contributed by atoms with Crippen molar-refractivity contribution in [2.45, 2.75) is 11.9 Å². The fourth-order valence-electron chi connectivity index (χ4n) is 2.12. The molecule has 3 rings (SSSR count). The van der Waals surface area contributed by atoms with E-state index in [1.54, 1.807) is 13.1 Å². The molecule has 0 saturated carbocycles. The average molecular weight is 299 g/mol. The van der Waals surface area contributed by atoms with Crippen LogP contribution < -0.4 is 0 Å². The van der Waals surface area contributed by atoms with Gasteiger partial charge < -0.3 is 4.74 Å². The first-order valence-electron chi connectivity index (χ1n) is 6.50. The van der Waals surface area contributed by atoms with Crippen LogP contribution in [0.3, 0.4) is 0 Å². The van der Waals surface area contributed by atoms with E-state index in [-0.39, 0.29) is 0 Å². The zero-order valence-electron chi connectivity index (χ0n) is 11.4. The van der Waals surface area contributed by atoms with Gasteiger partial charge in [-0.05, 0) is 18.4 Å². The fourth-order valence-corrected chi connectivity index (χ4v) is 2.42. The lowest BCUT2D eigenvalue weighted by Crippen LogP contribution is -2.06. The third kappa shape index (κ3) is 2.38. The van der Waals surface area contributed by atoms with Crippen molar-refractivity contribution in [2.24, 2.45) is 0 Å². The van der Waals surface area contributed by atoms with E-state index in [4.69, 9.17) is 4.74 Å². The molecular weight excluding hydrogens is 286 g/mol. The summed E-state index contributed by atoms with van der Waals surface area (Å²) in [6.07, 6.45) is 3.15. The Labute approximate surface area is 127 Å². The summed E-state index contributed by atoms with van der Waals surface area (Å²) in [6, 6.07) is 9.76. The molecule has 0 atom stereocenters. The summed E-state index contributed by atoms with van der Waals surface area (Å²) < 4.78 is 6.52. The van der Waals surface area contributed by atoms with Crippen LogP contribution in [-0.2, 0) is 4.74 Å². The molecule has 0 radical (unpaired) electrons. The highest BCUT2D eigenvalue weighted by Gasteiger charge is 2.18. The lowest BCUT2D eigenvalue weighted by molar-refractivity contribution is 0.0522. The van der Waals surface area contributed by atoms with Gasteiger partial charge >= 0.3 is 5.97 Å². The Hall–Kier alpha value is -2.34. The minimum atomic E-state index is -0.436. The number of rotatable bonds is 3. The van der Waals surface area contributed by atoms with Crippen molar-refractivity contribution in [1.82, 2.24) is 14.8 Å². The molecule has 0 unspecified atom stereocenters. The molecule has 0 aliphatic heterocycles. The minimum Gasteiger partial charge on any atom is -0.462 e. The molecule has 0 spiro atoms. The van der Waals surface area contributed by atoms with Crippen molar-refractivity contribution in [3.63, 3.8) is 0 Å². The Morgan fingerprint density at radius 1 is 1.33 bits per heavy atom. The van der Waals surface area contributed by atoms with E-state index in [1.165, 1.54) is 10.9 Å². The molecule has 21 heavy (non-hydrogen) atoms. The molecule has 1 aromatic carbocycles. The lowest BCUT2D eigenvalue weighted by atomic mass is 10.1. The van der Waals surface area contributed by atoms with Gasteiger partial charge in [0.15, 0.2) is 5.82 Å². The highest BCUT2D eigenvalue weighted by atomic mass is 32.1. The van der Waals surface area contributed by atoms with Crippen LogP contribution in [0.1, 0.15) is 17.3 Å². The molecule has 0 aliphatic carbocycles. The van der Waals surface area contributed by atoms with Crippen molar-refractivity contribution in [2.75, 3.05) is 6.61 Å². The van der Waals surface area contributed by atoms with Crippen molar-refractivity contribution < 1.29 is 9.53 Å². The number of nitrogens with zero attached hydrogens (tertiary/aromatic N) is 3. The third-order valence-electron chi connectivity index (χ3n) is 3.09. The van der Waals surface area contributed by atoms with Gasteiger partial charge in [0, 0.05) is 11.6 Å². The number of carbonyl (C=O) groups excluding carboxylic acids is 1. The van der Waals surface area contributed by atoms with Crippen LogP contribution >= 0.6 is 12.6 Å². The molecule has 3 aromatic rings. The molecule has 106 valence electrons. The maximum absolute atomic E-state index is 11.8. The summed E-state index contributed by atoms with van der Waals surface area (Å²) in [5.74, 6) is 0.197. The van der Waals surface area contributed by atoms with E-state index in [0.717, 1.165) is 10.8 Å². The minimum absolute atomic E-state index is 0.309. The van der Waals surface area contributed by atoms with Gasteiger partial charge in [0.05, 0.1) is 12.8 Å². The van der Waals surface area contributed by atoms with Crippen LogP contribution in [0.5, 0.6) is 0 Å². The van der Waals surface area contributed by atoms with Gasteiger partial charge in [-0.3, -0.25) is 0 Å². The number of thiol groups is 1. The van der Waals surface area contributed by atoms with Gasteiger partial charge in [-0.1, -0.05) is 24.3 Å². The molecule has 0 bridgehead atoms. The SMILES string of the molecule is CCOC(=O)c1cnn(-c2nccc3ccccc23)c1S. The van der Waals surface area contributed by atoms with E-state index in [9.17, 15) is 4.79 Å². The van der Waals surface area contributed by atoms with Gasteiger partial charge in [-0.15, -0.1) is 12.6 Å². The van der Waals surface area contributed by atoms with Crippen molar-refractivity contribution >= 4 is 29.4 Å². The number of pyridine rings is 1. The van der Waals surface area contributed by atoms with Crippen LogP contribution in [0.2, 0.25) is 0 Å². The van der Waals surface area contributed by atoms with Crippen molar-refractivity contribution in [3.05, 3.63) is 48.3 Å². The largest absolute Gasteiger partial charge is 0.462 e. The Balaban J connectivity index is 2.14. The number of hydrogen-bond donors (Lipinski definition) is 1. The van der Waals surface area contributed by atoms with Gasteiger partial charge in [0.1, 0.15) is 10.6 Å². The second-order valence-corrected chi connectivity index (χ2v) is 4.79. The van der Waals surface area contributed by atoms with Gasteiger partial charge in [0.25, 0.3) is 0 Å². The monoisotopic (exact) mass is 299 g/mol. The second kappa shape index (κ2) is 5.57. The van der Waals surface area contributed by atoms with Crippen LogP contribution in [0.15, 0.2) is 47.8 Å². The fraction of sp³-hybridized carbons (Fsp3) is 0.133. The molecule has 5 nitrogen and oxygen atoms in total. The summed E-state index contributed by atoms with van der Waals surface area (Å²) in [7, 11) is 0. The number of ether oxygens (including phenoxy) is 1. The van der Waals surface area contributed by atoms with Gasteiger partial charge in [-0.25, -0.2) is 14.5 Å². The summed E-state index contributed by atoms with van der Waals surface area (Å²) in [5.41, 5.74) is 0.329. The van der Waals surface area contributed by atoms with Crippen LogP contribution in [-0.4, -0.2) is 27.3 Å². The number of esters is 1. The summed E-state index contributed by atoms with van der Waals surface area (Å²) in [4.78, 5) is 16.2. The zero-order valence-corrected chi connectivity index (χ0v) is 12.2. The molecule has 0 amide bonds. The van der Waals surface area contributed by atoms with E-state index in [1.807, 2.05) is 30.3 Å². The Kier molecular flexibility index (Phi) is 3.62. The Morgan fingerprint density at radius 2 is 2.14 bits per heavy atom. The van der Waals surface area contributed by atoms with Crippen LogP contribution in [0.25, 0.3) is 16.6 Å². The third-order valence-corrected chi connectivity index (χ3v) is 3.52.